The Bertz CT molecular complexity index is 31.9. The molecule has 0 radical (unpaired) electrons. The first-order valence-electron chi connectivity index (χ1n) is 1.80. The third kappa shape index (κ3) is 6.88. The van der Waals surface area contributed by atoms with Crippen molar-refractivity contribution in [2.45, 2.75) is 17.9 Å². The maximum Gasteiger partial charge on any atom is 0.0756 e. The third-order valence-electron chi connectivity index (χ3n) is 0.502. The summed E-state index contributed by atoms with van der Waals surface area (Å²) in [6.45, 7) is 1.85. The molecule has 7 heavy (non-hydrogen) atoms. The van der Waals surface area contributed by atoms with Crippen molar-refractivity contribution in [3.05, 3.63) is 0 Å². The molecule has 2 unspecified atom stereocenters. The van der Waals surface area contributed by atoms with Crippen molar-refractivity contribution < 1.29 is 0 Å². The van der Waals surface area contributed by atoms with Crippen molar-refractivity contribution in [3.63, 3.8) is 0 Å². The molecule has 0 saturated carbocycles. The van der Waals surface area contributed by atoms with Gasteiger partial charge in [-0.2, -0.15) is 0 Å². The molecule has 0 rings (SSSR count). The third-order valence-corrected chi connectivity index (χ3v) is 1.34. The Morgan fingerprint density at radius 1 is 1.43 bits per heavy atom. The van der Waals surface area contributed by atoms with E-state index in [2.05, 4.69) is 15.9 Å². The van der Waals surface area contributed by atoms with Gasteiger partial charge >= 0.3 is 0 Å². The highest BCUT2D eigenvalue weighted by Gasteiger charge is 1.98. The van der Waals surface area contributed by atoms with E-state index in [1.807, 2.05) is 6.92 Å². The molecule has 0 heterocycles. The van der Waals surface area contributed by atoms with Crippen LogP contribution in [0.25, 0.3) is 0 Å². The van der Waals surface area contributed by atoms with E-state index in [0.717, 1.165) is 0 Å². The molecule has 0 amide bonds. The van der Waals surface area contributed by atoms with Gasteiger partial charge in [-0.15, -0.1) is 17.0 Å². The van der Waals surface area contributed by atoms with Crippen molar-refractivity contribution in [3.8, 4) is 0 Å². The Hall–Kier alpha value is 0.880. The van der Waals surface area contributed by atoms with Crippen LogP contribution in [-0.4, -0.2) is 11.0 Å². The molecule has 0 aliphatic heterocycles. The highest BCUT2D eigenvalue weighted by Crippen LogP contribution is 1.91. The fourth-order valence-corrected chi connectivity index (χ4v) is 0. The fourth-order valence-electron chi connectivity index (χ4n) is 0. The molecule has 0 aromatic carbocycles. The number of halogens is 2. The first kappa shape index (κ1) is 10.8. The maximum absolute atomic E-state index is 5.26. The lowest BCUT2D eigenvalue weighted by molar-refractivity contribution is 0.719. The van der Waals surface area contributed by atoms with E-state index in [1.54, 1.807) is 0 Å². The molecular formula is C3H10Br2N2. The van der Waals surface area contributed by atoms with E-state index in [-0.39, 0.29) is 28.0 Å². The van der Waals surface area contributed by atoms with Gasteiger partial charge in [0.15, 0.2) is 0 Å². The molecule has 0 aromatic heterocycles. The summed E-state index contributed by atoms with van der Waals surface area (Å²) in [5, 5.41) is 0. The van der Waals surface area contributed by atoms with Gasteiger partial charge in [-0.1, -0.05) is 15.9 Å². The average Bonchev–Trinajstić information content (AvgIpc) is 1.36. The van der Waals surface area contributed by atoms with Gasteiger partial charge in [-0.25, -0.2) is 0 Å². The van der Waals surface area contributed by atoms with Crippen LogP contribution in [-0.2, 0) is 0 Å². The number of hydrogen-bond donors (Lipinski definition) is 2. The zero-order valence-electron chi connectivity index (χ0n) is 4.10. The summed E-state index contributed by atoms with van der Waals surface area (Å²) in [5.74, 6) is 0. The Morgan fingerprint density at radius 3 is 1.57 bits per heavy atom. The molecule has 46 valence electrons. The standard InChI is InChI=1S/C3H9BrN2.BrH/c1-2(5)3(4)6;/h2-3H,5-6H2,1H3;1H. The lowest BCUT2D eigenvalue weighted by atomic mass is 10.4. The molecule has 2 nitrogen and oxygen atoms in total. The van der Waals surface area contributed by atoms with Gasteiger partial charge in [0.2, 0.25) is 0 Å². The summed E-state index contributed by atoms with van der Waals surface area (Å²) in [6, 6.07) is 0.0463. The van der Waals surface area contributed by atoms with Crippen LogP contribution in [0.3, 0.4) is 0 Å². The van der Waals surface area contributed by atoms with Crippen LogP contribution >= 0.6 is 32.9 Å². The first-order valence-corrected chi connectivity index (χ1v) is 2.71. The van der Waals surface area contributed by atoms with Gasteiger partial charge in [-0.3, -0.25) is 0 Å². The summed E-state index contributed by atoms with van der Waals surface area (Å²) < 4.78 is 0. The second-order valence-electron chi connectivity index (χ2n) is 1.30. The van der Waals surface area contributed by atoms with Crippen molar-refractivity contribution in [1.29, 1.82) is 0 Å². The molecule has 4 heteroatoms. The minimum Gasteiger partial charge on any atom is -0.326 e. The number of rotatable bonds is 1. The lowest BCUT2D eigenvalue weighted by Gasteiger charge is -2.04. The molecule has 0 fully saturated rings. The largest absolute Gasteiger partial charge is 0.326 e. The summed E-state index contributed by atoms with van der Waals surface area (Å²) in [6.07, 6.45) is 0. The second-order valence-corrected chi connectivity index (χ2v) is 2.36. The average molecular weight is 234 g/mol. The summed E-state index contributed by atoms with van der Waals surface area (Å²) in [5.41, 5.74) is 10.5. The second kappa shape index (κ2) is 5.03. The topological polar surface area (TPSA) is 52.0 Å². The number of hydrogen-bond acceptors (Lipinski definition) is 2. The van der Waals surface area contributed by atoms with Crippen LogP contribution in [0.4, 0.5) is 0 Å². The minimum absolute atomic E-state index is 0. The van der Waals surface area contributed by atoms with Crippen molar-refractivity contribution in [1.82, 2.24) is 0 Å². The summed E-state index contributed by atoms with van der Waals surface area (Å²) >= 11 is 3.09. The fraction of sp³-hybridized carbons (Fsp3) is 1.00. The van der Waals surface area contributed by atoms with Gasteiger partial charge in [-0.05, 0) is 6.92 Å². The normalized spacial score (nSPS) is 17.1. The molecule has 0 aliphatic rings. The van der Waals surface area contributed by atoms with Crippen LogP contribution < -0.4 is 11.5 Å². The Balaban J connectivity index is 0. The summed E-state index contributed by atoms with van der Waals surface area (Å²) in [4.78, 5) is -0.0579. The Morgan fingerprint density at radius 2 is 1.57 bits per heavy atom. The van der Waals surface area contributed by atoms with E-state index >= 15 is 0 Å². The molecule has 4 N–H and O–H groups in total. The van der Waals surface area contributed by atoms with Crippen LogP contribution in [0.15, 0.2) is 0 Å². The molecule has 2 atom stereocenters. The van der Waals surface area contributed by atoms with Crippen LogP contribution in [0.5, 0.6) is 0 Å². The molecule has 0 aliphatic carbocycles. The predicted octanol–water partition coefficient (Wildman–Crippen LogP) is 0.591. The van der Waals surface area contributed by atoms with Gasteiger partial charge in [0.25, 0.3) is 0 Å². The van der Waals surface area contributed by atoms with Crippen molar-refractivity contribution in [2.75, 3.05) is 0 Å². The molecule has 0 aromatic rings. The highest BCUT2D eigenvalue weighted by atomic mass is 79.9. The van der Waals surface area contributed by atoms with E-state index in [1.165, 1.54) is 0 Å². The monoisotopic (exact) mass is 232 g/mol. The lowest BCUT2D eigenvalue weighted by Crippen LogP contribution is -2.33. The van der Waals surface area contributed by atoms with E-state index in [4.69, 9.17) is 11.5 Å². The van der Waals surface area contributed by atoms with E-state index in [0.29, 0.717) is 0 Å². The van der Waals surface area contributed by atoms with Crippen molar-refractivity contribution >= 4 is 32.9 Å². The smallest absolute Gasteiger partial charge is 0.0756 e. The Labute approximate surface area is 62.5 Å². The minimum atomic E-state index is -0.0579. The number of nitrogens with two attached hydrogens (primary N) is 2. The predicted molar refractivity (Wildman–Crippen MR) is 40.9 cm³/mol. The molecule has 0 bridgehead atoms. The van der Waals surface area contributed by atoms with Gasteiger partial charge in [0.1, 0.15) is 0 Å². The Kier molecular flexibility index (Phi) is 7.74. The summed E-state index contributed by atoms with van der Waals surface area (Å²) in [7, 11) is 0. The number of alkyl halides is 1. The zero-order chi connectivity index (χ0) is 5.15. The zero-order valence-corrected chi connectivity index (χ0v) is 7.39. The van der Waals surface area contributed by atoms with Crippen LogP contribution in [0, 0.1) is 0 Å². The highest BCUT2D eigenvalue weighted by molar-refractivity contribution is 9.09. The maximum atomic E-state index is 5.26. The SMILES string of the molecule is Br.CC(N)C(N)Br. The quantitative estimate of drug-likeness (QED) is 0.515. The van der Waals surface area contributed by atoms with Crippen LogP contribution in [0.1, 0.15) is 6.92 Å². The van der Waals surface area contributed by atoms with Gasteiger partial charge in [0, 0.05) is 6.04 Å². The van der Waals surface area contributed by atoms with Crippen LogP contribution in [0.2, 0.25) is 0 Å². The van der Waals surface area contributed by atoms with Gasteiger partial charge in [0.05, 0.1) is 4.95 Å². The van der Waals surface area contributed by atoms with E-state index in [9.17, 15) is 0 Å². The van der Waals surface area contributed by atoms with Crippen molar-refractivity contribution in [2.24, 2.45) is 11.5 Å². The first-order chi connectivity index (χ1) is 2.64. The van der Waals surface area contributed by atoms with E-state index < -0.39 is 0 Å². The molecule has 0 saturated heterocycles. The molecular weight excluding hydrogens is 224 g/mol. The molecule has 0 spiro atoms. The van der Waals surface area contributed by atoms with Gasteiger partial charge < -0.3 is 11.5 Å².